The Kier molecular flexibility index (Phi) is 4.22. The van der Waals surface area contributed by atoms with Gasteiger partial charge >= 0.3 is 5.97 Å². The van der Waals surface area contributed by atoms with Crippen LogP contribution in [0.15, 0.2) is 55.0 Å². The number of nitrogens with zero attached hydrogens (tertiary/aromatic N) is 4. The number of ether oxygens (including phenoxy) is 1. The molecule has 0 saturated heterocycles. The molecule has 4 aromatic heterocycles. The number of carbonyl (C=O) groups is 1. The van der Waals surface area contributed by atoms with E-state index in [2.05, 4.69) is 15.0 Å². The van der Waals surface area contributed by atoms with E-state index in [1.165, 1.54) is 11.3 Å². The molecule has 0 radical (unpaired) electrons. The van der Waals surface area contributed by atoms with Crippen molar-refractivity contribution in [1.82, 2.24) is 19.5 Å². The van der Waals surface area contributed by atoms with Crippen LogP contribution >= 0.6 is 11.3 Å². The lowest BCUT2D eigenvalue weighted by Crippen LogP contribution is -1.99. The predicted molar refractivity (Wildman–Crippen MR) is 115 cm³/mol. The van der Waals surface area contributed by atoms with E-state index in [9.17, 15) is 9.90 Å². The minimum atomic E-state index is -0.933. The highest BCUT2D eigenvalue weighted by atomic mass is 32.1. The third-order valence-corrected chi connectivity index (χ3v) is 6.20. The van der Waals surface area contributed by atoms with Crippen molar-refractivity contribution in [1.29, 1.82) is 0 Å². The fraction of sp³-hybridized carbons (Fsp3) is 0.0909. The molecule has 1 N–H and O–H groups in total. The number of benzene rings is 1. The summed E-state index contributed by atoms with van der Waals surface area (Å²) >= 11 is 1.52. The number of fused-ring (bicyclic) bond motifs is 2. The van der Waals surface area contributed by atoms with E-state index in [0.29, 0.717) is 34.0 Å². The standard InChI is InChI=1S/C22H16N4O3S/c1-12-19(22(27)28)14-5-4-13(10-16(14)26(12)2)29-17-6-9-23-15-11-18(30-20(15)17)21-24-7-3-8-25-21/h3-11H,1-2H3,(H,27,28). The van der Waals surface area contributed by atoms with Crippen LogP contribution in [0.2, 0.25) is 0 Å². The Labute approximate surface area is 175 Å². The van der Waals surface area contributed by atoms with Crippen LogP contribution in [0.3, 0.4) is 0 Å². The second-order valence-electron chi connectivity index (χ2n) is 6.81. The summed E-state index contributed by atoms with van der Waals surface area (Å²) in [4.78, 5) is 25.6. The number of hydrogen-bond acceptors (Lipinski definition) is 6. The van der Waals surface area contributed by atoms with Crippen molar-refractivity contribution >= 4 is 38.4 Å². The molecule has 0 spiro atoms. The van der Waals surface area contributed by atoms with E-state index in [-0.39, 0.29) is 0 Å². The molecule has 5 aromatic rings. The van der Waals surface area contributed by atoms with Gasteiger partial charge in [0.25, 0.3) is 0 Å². The molecule has 7 nitrogen and oxygen atoms in total. The largest absolute Gasteiger partial charge is 0.478 e. The molecule has 0 unspecified atom stereocenters. The lowest BCUT2D eigenvalue weighted by atomic mass is 10.1. The number of rotatable bonds is 4. The van der Waals surface area contributed by atoms with Gasteiger partial charge in [0.05, 0.1) is 26.2 Å². The second-order valence-corrected chi connectivity index (χ2v) is 7.86. The van der Waals surface area contributed by atoms with Crippen molar-refractivity contribution in [2.45, 2.75) is 6.92 Å². The van der Waals surface area contributed by atoms with Gasteiger partial charge in [-0.15, -0.1) is 11.3 Å². The lowest BCUT2D eigenvalue weighted by molar-refractivity contribution is 0.0698. The van der Waals surface area contributed by atoms with Gasteiger partial charge < -0.3 is 14.4 Å². The van der Waals surface area contributed by atoms with Gasteiger partial charge in [-0.25, -0.2) is 14.8 Å². The highest BCUT2D eigenvalue weighted by molar-refractivity contribution is 7.22. The summed E-state index contributed by atoms with van der Waals surface area (Å²) in [6, 6.07) is 11.0. The molecule has 4 heterocycles. The van der Waals surface area contributed by atoms with Crippen molar-refractivity contribution < 1.29 is 14.6 Å². The number of aromatic carboxylic acids is 1. The third kappa shape index (κ3) is 2.89. The first-order valence-electron chi connectivity index (χ1n) is 9.19. The molecule has 0 aliphatic heterocycles. The van der Waals surface area contributed by atoms with Crippen LogP contribution in [-0.4, -0.2) is 30.6 Å². The molecule has 0 fully saturated rings. The number of hydrogen-bond donors (Lipinski definition) is 1. The highest BCUT2D eigenvalue weighted by Crippen LogP contribution is 2.39. The maximum absolute atomic E-state index is 11.6. The van der Waals surface area contributed by atoms with E-state index in [0.717, 1.165) is 20.6 Å². The zero-order valence-electron chi connectivity index (χ0n) is 16.2. The molecule has 5 rings (SSSR count). The maximum Gasteiger partial charge on any atom is 0.338 e. The molecule has 0 atom stereocenters. The number of pyridine rings is 1. The lowest BCUT2D eigenvalue weighted by Gasteiger charge is -2.07. The molecule has 0 saturated carbocycles. The van der Waals surface area contributed by atoms with E-state index in [4.69, 9.17) is 4.74 Å². The van der Waals surface area contributed by atoms with Crippen LogP contribution in [0, 0.1) is 6.92 Å². The Morgan fingerprint density at radius 2 is 1.90 bits per heavy atom. The number of carboxylic acids is 1. The summed E-state index contributed by atoms with van der Waals surface area (Å²) in [5, 5.41) is 10.2. The van der Waals surface area contributed by atoms with E-state index in [1.807, 2.05) is 29.8 Å². The van der Waals surface area contributed by atoms with Crippen molar-refractivity contribution in [3.8, 4) is 22.2 Å². The van der Waals surface area contributed by atoms with Crippen LogP contribution < -0.4 is 4.74 Å². The number of aromatic nitrogens is 4. The first-order valence-corrected chi connectivity index (χ1v) is 10.0. The zero-order chi connectivity index (χ0) is 20.8. The van der Waals surface area contributed by atoms with Gasteiger partial charge in [0.15, 0.2) is 5.82 Å². The molecule has 8 heteroatoms. The molecule has 0 aliphatic carbocycles. The summed E-state index contributed by atoms with van der Waals surface area (Å²) < 4.78 is 8.94. The van der Waals surface area contributed by atoms with Gasteiger partial charge in [-0.05, 0) is 31.2 Å². The summed E-state index contributed by atoms with van der Waals surface area (Å²) in [5.41, 5.74) is 2.63. The fourth-order valence-electron chi connectivity index (χ4n) is 3.54. The van der Waals surface area contributed by atoms with Crippen LogP contribution in [-0.2, 0) is 7.05 Å². The van der Waals surface area contributed by atoms with Crippen LogP contribution in [0.4, 0.5) is 0 Å². The average Bonchev–Trinajstić information content (AvgIpc) is 3.29. The molecule has 0 bridgehead atoms. The van der Waals surface area contributed by atoms with Crippen molar-refractivity contribution in [3.63, 3.8) is 0 Å². The minimum Gasteiger partial charge on any atom is -0.478 e. The molecular weight excluding hydrogens is 400 g/mol. The Balaban J connectivity index is 1.57. The molecule has 148 valence electrons. The monoisotopic (exact) mass is 416 g/mol. The second kappa shape index (κ2) is 6.93. The first kappa shape index (κ1) is 18.3. The van der Waals surface area contributed by atoms with Crippen LogP contribution in [0.25, 0.3) is 31.8 Å². The van der Waals surface area contributed by atoms with Crippen molar-refractivity contribution in [2.75, 3.05) is 0 Å². The van der Waals surface area contributed by atoms with Gasteiger partial charge in [-0.2, -0.15) is 0 Å². The van der Waals surface area contributed by atoms with Crippen molar-refractivity contribution in [3.05, 3.63) is 66.2 Å². The number of carboxylic acid groups (broad SMARTS) is 1. The number of aryl methyl sites for hydroxylation is 1. The van der Waals surface area contributed by atoms with Gasteiger partial charge in [0, 0.05) is 48.9 Å². The molecular formula is C22H16N4O3S. The quantitative estimate of drug-likeness (QED) is 0.441. The first-order chi connectivity index (χ1) is 14.5. The summed E-state index contributed by atoms with van der Waals surface area (Å²) in [6.07, 6.45) is 5.12. The molecule has 30 heavy (non-hydrogen) atoms. The summed E-state index contributed by atoms with van der Waals surface area (Å²) in [7, 11) is 1.85. The Bertz CT molecular complexity index is 1420. The van der Waals surface area contributed by atoms with E-state index in [1.54, 1.807) is 43.7 Å². The zero-order valence-corrected chi connectivity index (χ0v) is 17.0. The fourth-order valence-corrected chi connectivity index (χ4v) is 4.55. The van der Waals surface area contributed by atoms with Crippen LogP contribution in [0.1, 0.15) is 16.1 Å². The Hall–Kier alpha value is -3.78. The topological polar surface area (TPSA) is 90.1 Å². The Morgan fingerprint density at radius 3 is 2.67 bits per heavy atom. The predicted octanol–water partition coefficient (Wildman–Crippen LogP) is 5.04. The highest BCUT2D eigenvalue weighted by Gasteiger charge is 2.19. The minimum absolute atomic E-state index is 0.316. The summed E-state index contributed by atoms with van der Waals surface area (Å²) in [5.74, 6) is 1.01. The summed E-state index contributed by atoms with van der Waals surface area (Å²) in [6.45, 7) is 1.80. The SMILES string of the molecule is Cc1c(C(=O)O)c2ccc(Oc3ccnc4cc(-c5ncccn5)sc34)cc2n1C. The number of thiophene rings is 1. The van der Waals surface area contributed by atoms with Gasteiger partial charge in [-0.3, -0.25) is 4.98 Å². The van der Waals surface area contributed by atoms with Gasteiger partial charge in [0.2, 0.25) is 0 Å². The van der Waals surface area contributed by atoms with Gasteiger partial charge in [-0.1, -0.05) is 0 Å². The van der Waals surface area contributed by atoms with Crippen molar-refractivity contribution in [2.24, 2.45) is 7.05 Å². The van der Waals surface area contributed by atoms with E-state index < -0.39 is 5.97 Å². The van der Waals surface area contributed by atoms with E-state index >= 15 is 0 Å². The average molecular weight is 416 g/mol. The van der Waals surface area contributed by atoms with Crippen LogP contribution in [0.5, 0.6) is 11.5 Å². The molecule has 0 amide bonds. The molecule has 0 aliphatic rings. The normalized spacial score (nSPS) is 11.3. The molecule has 1 aromatic carbocycles. The third-order valence-electron chi connectivity index (χ3n) is 5.07. The van der Waals surface area contributed by atoms with Gasteiger partial charge in [0.1, 0.15) is 11.5 Å². The maximum atomic E-state index is 11.6. The Morgan fingerprint density at radius 1 is 1.10 bits per heavy atom. The smallest absolute Gasteiger partial charge is 0.338 e.